The number of carbonyl (C=O) groups is 1. The molecule has 2 aliphatic heterocycles. The smallest absolute Gasteiger partial charge is 0.367 e. The average Bonchev–Trinajstić information content (AvgIpc) is 2.86. The van der Waals surface area contributed by atoms with Gasteiger partial charge in [-0.15, -0.1) is 0 Å². The Bertz CT molecular complexity index is 652. The molecule has 0 aliphatic carbocycles. The van der Waals surface area contributed by atoms with Crippen molar-refractivity contribution < 1.29 is 18.0 Å². The molecule has 1 aromatic carbocycles. The van der Waals surface area contributed by atoms with Crippen LogP contribution in [0.5, 0.6) is 0 Å². The minimum absolute atomic E-state index is 0.00514. The van der Waals surface area contributed by atoms with Gasteiger partial charge in [-0.05, 0) is 18.2 Å². The highest BCUT2D eigenvalue weighted by molar-refractivity contribution is 5.77. The first kappa shape index (κ1) is 14.5. The zero-order valence-corrected chi connectivity index (χ0v) is 11.5. The lowest BCUT2D eigenvalue weighted by atomic mass is 10.1. The van der Waals surface area contributed by atoms with Crippen LogP contribution >= 0.6 is 0 Å². The van der Waals surface area contributed by atoms with Crippen molar-refractivity contribution in [2.24, 2.45) is 0 Å². The summed E-state index contributed by atoms with van der Waals surface area (Å²) in [6.07, 6.45) is -4.48. The first-order chi connectivity index (χ1) is 10.4. The Morgan fingerprint density at radius 3 is 2.77 bits per heavy atom. The Morgan fingerprint density at radius 2 is 2.09 bits per heavy atom. The van der Waals surface area contributed by atoms with E-state index in [0.29, 0.717) is 26.2 Å². The van der Waals surface area contributed by atoms with E-state index < -0.39 is 11.7 Å². The highest BCUT2D eigenvalue weighted by Gasteiger charge is 2.39. The zero-order valence-electron chi connectivity index (χ0n) is 11.5. The molecule has 22 heavy (non-hydrogen) atoms. The van der Waals surface area contributed by atoms with Crippen molar-refractivity contribution in [3.63, 3.8) is 0 Å². The van der Waals surface area contributed by atoms with Gasteiger partial charge in [-0.2, -0.15) is 18.4 Å². The van der Waals surface area contributed by atoms with E-state index in [2.05, 4.69) is 5.32 Å². The maximum atomic E-state index is 13.2. The summed E-state index contributed by atoms with van der Waals surface area (Å²) >= 11 is 0. The van der Waals surface area contributed by atoms with E-state index in [9.17, 15) is 18.0 Å². The molecule has 1 atom stereocenters. The molecule has 0 saturated carbocycles. The maximum Gasteiger partial charge on any atom is 0.418 e. The van der Waals surface area contributed by atoms with Crippen LogP contribution in [0, 0.1) is 11.3 Å². The summed E-state index contributed by atoms with van der Waals surface area (Å²) in [7, 11) is 0. The Hall–Kier alpha value is -2.43. The molecule has 0 radical (unpaired) electrons. The molecule has 3 rings (SSSR count). The molecular weight excluding hydrogens is 297 g/mol. The van der Waals surface area contributed by atoms with Crippen molar-refractivity contribution in [3.8, 4) is 6.07 Å². The number of benzene rings is 1. The fraction of sp³-hybridized carbons (Fsp3) is 0.429. The summed E-state index contributed by atoms with van der Waals surface area (Å²) in [5.41, 5.74) is -0.561. The second-order valence-electron chi connectivity index (χ2n) is 5.32. The van der Waals surface area contributed by atoms with E-state index in [4.69, 9.17) is 5.26 Å². The fourth-order valence-corrected chi connectivity index (χ4v) is 2.93. The molecule has 2 amide bonds. The number of carbonyl (C=O) groups excluding carboxylic acids is 1. The van der Waals surface area contributed by atoms with Crippen molar-refractivity contribution >= 4 is 11.7 Å². The van der Waals surface area contributed by atoms with E-state index >= 15 is 0 Å². The van der Waals surface area contributed by atoms with Gasteiger partial charge in [0.15, 0.2) is 0 Å². The molecular formula is C14H13F3N4O. The highest BCUT2D eigenvalue weighted by Crippen LogP contribution is 2.38. The molecule has 2 fully saturated rings. The molecule has 8 heteroatoms. The largest absolute Gasteiger partial charge is 0.418 e. The Labute approximate surface area is 124 Å². The molecule has 2 aliphatic rings. The number of fused-ring (bicyclic) bond motifs is 1. The van der Waals surface area contributed by atoms with Gasteiger partial charge in [0.05, 0.1) is 28.9 Å². The second-order valence-corrected chi connectivity index (χ2v) is 5.32. The number of hydrogen-bond acceptors (Lipinski definition) is 3. The monoisotopic (exact) mass is 310 g/mol. The molecule has 0 spiro atoms. The molecule has 2 saturated heterocycles. The second kappa shape index (κ2) is 5.09. The molecule has 0 bridgehead atoms. The van der Waals surface area contributed by atoms with Gasteiger partial charge in [-0.1, -0.05) is 0 Å². The minimum atomic E-state index is -4.48. The lowest BCUT2D eigenvalue weighted by molar-refractivity contribution is -0.137. The summed E-state index contributed by atoms with van der Waals surface area (Å²) in [4.78, 5) is 14.8. The molecule has 2 heterocycles. The van der Waals surface area contributed by atoms with Crippen molar-refractivity contribution in [2.75, 3.05) is 31.1 Å². The van der Waals surface area contributed by atoms with Crippen LogP contribution in [0.1, 0.15) is 11.1 Å². The van der Waals surface area contributed by atoms with Gasteiger partial charge >= 0.3 is 12.2 Å². The molecule has 0 aromatic heterocycles. The van der Waals surface area contributed by atoms with Gasteiger partial charge in [-0.25, -0.2) is 4.79 Å². The van der Waals surface area contributed by atoms with Gasteiger partial charge in [-0.3, -0.25) is 0 Å². The number of rotatable bonds is 1. The van der Waals surface area contributed by atoms with Crippen LogP contribution in [0.4, 0.5) is 23.7 Å². The Morgan fingerprint density at radius 1 is 1.32 bits per heavy atom. The van der Waals surface area contributed by atoms with Crippen LogP contribution in [0.25, 0.3) is 0 Å². The van der Waals surface area contributed by atoms with Gasteiger partial charge in [0.25, 0.3) is 0 Å². The third-order valence-electron chi connectivity index (χ3n) is 4.01. The third-order valence-corrected chi connectivity index (χ3v) is 4.01. The van der Waals surface area contributed by atoms with Crippen LogP contribution in [-0.2, 0) is 6.18 Å². The topological polar surface area (TPSA) is 59.4 Å². The number of nitriles is 1. The molecule has 1 N–H and O–H groups in total. The van der Waals surface area contributed by atoms with Crippen LogP contribution in [0.2, 0.25) is 0 Å². The molecule has 1 aromatic rings. The Kier molecular flexibility index (Phi) is 3.35. The lowest BCUT2D eigenvalue weighted by Gasteiger charge is -2.38. The summed E-state index contributed by atoms with van der Waals surface area (Å²) in [5.74, 6) is 0. The van der Waals surface area contributed by atoms with Gasteiger partial charge in [0.2, 0.25) is 0 Å². The van der Waals surface area contributed by atoms with Crippen LogP contribution < -0.4 is 10.2 Å². The van der Waals surface area contributed by atoms with E-state index in [1.165, 1.54) is 12.1 Å². The summed E-state index contributed by atoms with van der Waals surface area (Å²) in [5, 5.41) is 11.6. The number of hydrogen-bond donors (Lipinski definition) is 1. The normalized spacial score (nSPS) is 21.4. The van der Waals surface area contributed by atoms with Gasteiger partial charge in [0, 0.05) is 26.2 Å². The number of nitrogens with zero attached hydrogens (tertiary/aromatic N) is 3. The predicted octanol–water partition coefficient (Wildman–Crippen LogP) is 1.79. The maximum absolute atomic E-state index is 13.2. The number of alkyl halides is 3. The fourth-order valence-electron chi connectivity index (χ4n) is 2.93. The minimum Gasteiger partial charge on any atom is -0.367 e. The SMILES string of the molecule is N#Cc1ccc(C(F)(F)F)c(N2CCN3C(=O)NCC3C2)c1. The molecule has 1 unspecified atom stereocenters. The standard InChI is InChI=1S/C14H13F3N4O/c15-14(16,17)11-2-1-9(6-18)5-12(11)20-3-4-21-10(8-20)7-19-13(21)22/h1-2,5,10H,3-4,7-8H2,(H,19,22). The van der Waals surface area contributed by atoms with Crippen LogP contribution in [0.15, 0.2) is 18.2 Å². The first-order valence-electron chi connectivity index (χ1n) is 6.81. The number of piperazine rings is 1. The van der Waals surface area contributed by atoms with Crippen molar-refractivity contribution in [1.29, 1.82) is 5.26 Å². The van der Waals surface area contributed by atoms with E-state index in [1.54, 1.807) is 9.80 Å². The molecule has 116 valence electrons. The van der Waals surface area contributed by atoms with Gasteiger partial charge < -0.3 is 15.1 Å². The quantitative estimate of drug-likeness (QED) is 0.860. The van der Waals surface area contributed by atoms with Crippen molar-refractivity contribution in [3.05, 3.63) is 29.3 Å². The van der Waals surface area contributed by atoms with Crippen molar-refractivity contribution in [2.45, 2.75) is 12.2 Å². The summed E-state index contributed by atoms with van der Waals surface area (Å²) in [6.45, 7) is 1.41. The Balaban J connectivity index is 1.94. The highest BCUT2D eigenvalue weighted by atomic mass is 19.4. The lowest BCUT2D eigenvalue weighted by Crippen LogP contribution is -2.52. The number of anilines is 1. The first-order valence-corrected chi connectivity index (χ1v) is 6.81. The van der Waals surface area contributed by atoms with E-state index in [1.807, 2.05) is 6.07 Å². The number of nitrogens with one attached hydrogen (secondary N) is 1. The predicted molar refractivity (Wildman–Crippen MR) is 72.3 cm³/mol. The van der Waals surface area contributed by atoms with Gasteiger partial charge in [0.1, 0.15) is 0 Å². The third kappa shape index (κ3) is 2.43. The zero-order chi connectivity index (χ0) is 15.9. The van der Waals surface area contributed by atoms with Crippen LogP contribution in [-0.4, -0.2) is 43.2 Å². The number of amides is 2. The number of urea groups is 1. The summed E-state index contributed by atoms with van der Waals surface area (Å²) < 4.78 is 39.5. The molecule has 5 nitrogen and oxygen atoms in total. The van der Waals surface area contributed by atoms with E-state index in [0.717, 1.165) is 6.07 Å². The number of halogens is 3. The summed E-state index contributed by atoms with van der Waals surface area (Å²) in [6, 6.07) is 4.93. The van der Waals surface area contributed by atoms with Crippen molar-refractivity contribution in [1.82, 2.24) is 10.2 Å². The average molecular weight is 310 g/mol. The van der Waals surface area contributed by atoms with Crippen LogP contribution in [0.3, 0.4) is 0 Å². The van der Waals surface area contributed by atoms with E-state index in [-0.39, 0.29) is 23.3 Å².